The summed E-state index contributed by atoms with van der Waals surface area (Å²) in [6.45, 7) is 7.88. The fourth-order valence-corrected chi connectivity index (χ4v) is 5.09. The molecule has 6 nitrogen and oxygen atoms in total. The molecule has 130 valence electrons. The standard InChI is InChI=1S/C15H23N5OS2Si/c1-24(2,3)7-6-21-9-22-14-18-15(4-5-15)10-8-11(12(16)17)19-20-13(10)23-14/h8H,4-7,9H2,1-3H3,(H3,16,17). The first-order chi connectivity index (χ1) is 11.3. The van der Waals surface area contributed by atoms with Crippen molar-refractivity contribution in [3.05, 3.63) is 17.3 Å². The van der Waals surface area contributed by atoms with E-state index >= 15 is 0 Å². The highest BCUT2D eigenvalue weighted by atomic mass is 32.2. The summed E-state index contributed by atoms with van der Waals surface area (Å²) < 4.78 is 6.76. The second-order valence-corrected chi connectivity index (χ2v) is 15.1. The number of fused-ring (bicyclic) bond motifs is 2. The van der Waals surface area contributed by atoms with E-state index in [2.05, 4.69) is 29.8 Å². The molecule has 2 aliphatic rings. The normalized spacial score (nSPS) is 18.2. The zero-order valence-electron chi connectivity index (χ0n) is 14.3. The zero-order chi connectivity index (χ0) is 17.4. The Balaban J connectivity index is 1.61. The average Bonchev–Trinajstić information content (AvgIpc) is 3.25. The number of nitrogens with two attached hydrogens (primary N) is 1. The number of ether oxygens (including phenoxy) is 1. The van der Waals surface area contributed by atoms with Crippen LogP contribution in [0, 0.1) is 5.41 Å². The molecule has 1 aromatic rings. The molecule has 1 aliphatic carbocycles. The van der Waals surface area contributed by atoms with Gasteiger partial charge in [0.1, 0.15) is 20.9 Å². The van der Waals surface area contributed by atoms with Crippen LogP contribution in [0.25, 0.3) is 0 Å². The Morgan fingerprint density at radius 2 is 2.17 bits per heavy atom. The Bertz CT molecular complexity index is 685. The number of hydrogen-bond acceptors (Lipinski definition) is 7. The SMILES string of the molecule is C[Si](C)(C)CCOCSC1=NC2(CC2)c2cc(C(=N)N)nnc2S1. The minimum absolute atomic E-state index is 0.0500. The van der Waals surface area contributed by atoms with Crippen molar-refractivity contribution in [1.82, 2.24) is 10.2 Å². The summed E-state index contributed by atoms with van der Waals surface area (Å²) in [4.78, 5) is 4.91. The van der Waals surface area contributed by atoms with Crippen LogP contribution in [0.3, 0.4) is 0 Å². The lowest BCUT2D eigenvalue weighted by Crippen LogP contribution is -2.21. The highest BCUT2D eigenvalue weighted by Crippen LogP contribution is 2.55. The molecule has 0 saturated heterocycles. The number of rotatable bonds is 6. The number of amidine groups is 1. The van der Waals surface area contributed by atoms with Gasteiger partial charge in [-0.05, 0) is 36.7 Å². The van der Waals surface area contributed by atoms with E-state index in [1.807, 2.05) is 6.07 Å². The summed E-state index contributed by atoms with van der Waals surface area (Å²) >= 11 is 3.18. The van der Waals surface area contributed by atoms with Crippen molar-refractivity contribution in [2.75, 3.05) is 12.5 Å². The Morgan fingerprint density at radius 1 is 1.42 bits per heavy atom. The average molecular weight is 382 g/mol. The molecule has 0 unspecified atom stereocenters. The Hall–Kier alpha value is -0.903. The zero-order valence-corrected chi connectivity index (χ0v) is 16.9. The quantitative estimate of drug-likeness (QED) is 0.258. The van der Waals surface area contributed by atoms with Crippen LogP contribution in [0.2, 0.25) is 25.7 Å². The summed E-state index contributed by atoms with van der Waals surface area (Å²) in [5.74, 6) is 0.576. The van der Waals surface area contributed by atoms with E-state index in [0.717, 1.165) is 34.4 Å². The number of thioether (sulfide) groups is 2. The molecule has 1 saturated carbocycles. The lowest BCUT2D eigenvalue weighted by Gasteiger charge is -2.22. The third kappa shape index (κ3) is 4.19. The number of nitrogens with zero attached hydrogens (tertiary/aromatic N) is 3. The summed E-state index contributed by atoms with van der Waals surface area (Å²) in [5, 5.41) is 16.7. The van der Waals surface area contributed by atoms with Crippen LogP contribution in [0.1, 0.15) is 24.1 Å². The maximum Gasteiger partial charge on any atom is 0.143 e. The van der Waals surface area contributed by atoms with Crippen LogP contribution < -0.4 is 5.73 Å². The van der Waals surface area contributed by atoms with E-state index in [-0.39, 0.29) is 11.4 Å². The third-order valence-electron chi connectivity index (χ3n) is 4.01. The van der Waals surface area contributed by atoms with E-state index in [1.165, 1.54) is 6.04 Å². The Morgan fingerprint density at radius 3 is 2.79 bits per heavy atom. The minimum Gasteiger partial charge on any atom is -0.382 e. The predicted octanol–water partition coefficient (Wildman–Crippen LogP) is 3.26. The van der Waals surface area contributed by atoms with Gasteiger partial charge in [0.25, 0.3) is 0 Å². The minimum atomic E-state index is -1.04. The molecule has 0 amide bonds. The number of aromatic nitrogens is 2. The maximum absolute atomic E-state index is 7.53. The second-order valence-electron chi connectivity index (χ2n) is 7.35. The highest BCUT2D eigenvalue weighted by molar-refractivity contribution is 8.38. The number of aliphatic imine (C=N–C) groups is 1. The van der Waals surface area contributed by atoms with Crippen molar-refractivity contribution in [3.63, 3.8) is 0 Å². The van der Waals surface area contributed by atoms with Gasteiger partial charge in [0.2, 0.25) is 0 Å². The van der Waals surface area contributed by atoms with Crippen LogP contribution in [0.4, 0.5) is 0 Å². The van der Waals surface area contributed by atoms with Gasteiger partial charge in [-0.25, -0.2) is 0 Å². The molecule has 3 rings (SSSR count). The molecule has 1 aliphatic heterocycles. The van der Waals surface area contributed by atoms with E-state index < -0.39 is 8.07 Å². The van der Waals surface area contributed by atoms with E-state index in [1.54, 1.807) is 23.5 Å². The van der Waals surface area contributed by atoms with Crippen LogP contribution in [0.15, 0.2) is 16.1 Å². The van der Waals surface area contributed by atoms with Crippen molar-refractivity contribution < 1.29 is 4.74 Å². The summed E-state index contributed by atoms with van der Waals surface area (Å²) in [6, 6.07) is 3.05. The number of hydrogen-bond donors (Lipinski definition) is 2. The smallest absolute Gasteiger partial charge is 0.143 e. The van der Waals surface area contributed by atoms with Crippen LogP contribution >= 0.6 is 23.5 Å². The Kier molecular flexibility index (Phi) is 5.06. The van der Waals surface area contributed by atoms with Gasteiger partial charge >= 0.3 is 0 Å². The lowest BCUT2D eigenvalue weighted by atomic mass is 10.1. The molecule has 0 atom stereocenters. The van der Waals surface area contributed by atoms with Crippen LogP contribution in [-0.4, -0.2) is 41.0 Å². The summed E-state index contributed by atoms with van der Waals surface area (Å²) in [7, 11) is -1.04. The molecule has 1 fully saturated rings. The van der Waals surface area contributed by atoms with Crippen molar-refractivity contribution in [3.8, 4) is 0 Å². The number of nitrogens with one attached hydrogen (secondary N) is 1. The molecule has 0 bridgehead atoms. The fourth-order valence-electron chi connectivity index (χ4n) is 2.35. The molecule has 24 heavy (non-hydrogen) atoms. The first-order valence-corrected chi connectivity index (χ1v) is 13.5. The van der Waals surface area contributed by atoms with Gasteiger partial charge in [-0.2, -0.15) is 0 Å². The summed E-state index contributed by atoms with van der Waals surface area (Å²) in [6.07, 6.45) is 2.04. The van der Waals surface area contributed by atoms with Gasteiger partial charge in [-0.3, -0.25) is 10.4 Å². The molecule has 0 aromatic carbocycles. The van der Waals surface area contributed by atoms with Gasteiger partial charge in [-0.1, -0.05) is 31.4 Å². The second kappa shape index (κ2) is 6.78. The van der Waals surface area contributed by atoms with Gasteiger partial charge < -0.3 is 10.5 Å². The van der Waals surface area contributed by atoms with Crippen molar-refractivity contribution >= 4 is 41.8 Å². The Labute approximate surface area is 152 Å². The van der Waals surface area contributed by atoms with Gasteiger partial charge in [-0.15, -0.1) is 10.2 Å². The lowest BCUT2D eigenvalue weighted by molar-refractivity contribution is 0.198. The molecular formula is C15H23N5OS2Si. The topological polar surface area (TPSA) is 97.2 Å². The van der Waals surface area contributed by atoms with Crippen LogP contribution in [0.5, 0.6) is 0 Å². The molecule has 9 heteroatoms. The first kappa shape index (κ1) is 17.9. The highest BCUT2D eigenvalue weighted by Gasteiger charge is 2.49. The van der Waals surface area contributed by atoms with E-state index in [0.29, 0.717) is 11.6 Å². The summed E-state index contributed by atoms with van der Waals surface area (Å²) in [5.41, 5.74) is 6.86. The first-order valence-electron chi connectivity index (χ1n) is 8.00. The van der Waals surface area contributed by atoms with Crippen molar-refractivity contribution in [2.24, 2.45) is 10.7 Å². The van der Waals surface area contributed by atoms with E-state index in [9.17, 15) is 0 Å². The molecule has 2 heterocycles. The maximum atomic E-state index is 7.53. The third-order valence-corrected chi connectivity index (χ3v) is 7.70. The monoisotopic (exact) mass is 381 g/mol. The van der Waals surface area contributed by atoms with Gasteiger partial charge in [0.15, 0.2) is 0 Å². The molecule has 0 radical (unpaired) electrons. The molecule has 1 aromatic heterocycles. The van der Waals surface area contributed by atoms with Gasteiger partial charge in [0, 0.05) is 20.2 Å². The van der Waals surface area contributed by atoms with E-state index in [4.69, 9.17) is 20.9 Å². The molecule has 1 spiro atoms. The van der Waals surface area contributed by atoms with Crippen LogP contribution in [-0.2, 0) is 10.3 Å². The van der Waals surface area contributed by atoms with Gasteiger partial charge in [0.05, 0.1) is 11.5 Å². The predicted molar refractivity (Wildman–Crippen MR) is 104 cm³/mol. The fraction of sp³-hybridized carbons (Fsp3) is 0.600. The largest absolute Gasteiger partial charge is 0.382 e. The van der Waals surface area contributed by atoms with Crippen molar-refractivity contribution in [1.29, 1.82) is 5.41 Å². The number of nitrogen functional groups attached to an aromatic ring is 1. The molecular weight excluding hydrogens is 358 g/mol. The van der Waals surface area contributed by atoms with Crippen molar-refractivity contribution in [2.45, 2.75) is 49.1 Å². The molecule has 3 N–H and O–H groups in total.